The fourth-order valence-electron chi connectivity index (χ4n) is 2.93. The highest BCUT2D eigenvalue weighted by atomic mass is 32.1. The van der Waals surface area contributed by atoms with Crippen LogP contribution in [0.5, 0.6) is 0 Å². The molecule has 4 aromatic rings. The van der Waals surface area contributed by atoms with Gasteiger partial charge >= 0.3 is 0 Å². The van der Waals surface area contributed by atoms with Crippen molar-refractivity contribution in [1.29, 1.82) is 0 Å². The van der Waals surface area contributed by atoms with Gasteiger partial charge in [0.05, 0.1) is 11.5 Å². The van der Waals surface area contributed by atoms with Crippen LogP contribution in [0.1, 0.15) is 11.3 Å². The van der Waals surface area contributed by atoms with Crippen molar-refractivity contribution < 1.29 is 13.9 Å². The van der Waals surface area contributed by atoms with Gasteiger partial charge in [-0.25, -0.2) is 13.8 Å². The molecule has 0 bridgehead atoms. The van der Waals surface area contributed by atoms with Gasteiger partial charge in [0.15, 0.2) is 0 Å². The smallest absolute Gasteiger partial charge is 0.139 e. The first-order valence-electron chi connectivity index (χ1n) is 7.71. The number of aliphatic hydroxyl groups is 1. The topological polar surface area (TPSA) is 37.5 Å². The number of benzene rings is 1. The van der Waals surface area contributed by atoms with Crippen molar-refractivity contribution in [2.45, 2.75) is 13.5 Å². The van der Waals surface area contributed by atoms with E-state index in [0.717, 1.165) is 21.9 Å². The highest BCUT2D eigenvalue weighted by Crippen LogP contribution is 2.31. The van der Waals surface area contributed by atoms with Gasteiger partial charge in [0.25, 0.3) is 0 Å². The zero-order valence-electron chi connectivity index (χ0n) is 13.3. The Kier molecular flexibility index (Phi) is 3.86. The number of hydrogen-bond donors (Lipinski definition) is 1. The average molecular weight is 356 g/mol. The molecule has 0 spiro atoms. The molecule has 0 unspecified atom stereocenters. The fourth-order valence-corrected chi connectivity index (χ4v) is 3.70. The summed E-state index contributed by atoms with van der Waals surface area (Å²) in [6, 6.07) is 10.1. The molecule has 0 aliphatic carbocycles. The molecule has 0 radical (unpaired) electrons. The van der Waals surface area contributed by atoms with Crippen LogP contribution in [0.25, 0.3) is 27.3 Å². The van der Waals surface area contributed by atoms with E-state index in [4.69, 9.17) is 0 Å². The van der Waals surface area contributed by atoms with Crippen LogP contribution >= 0.6 is 11.3 Å². The highest BCUT2D eigenvalue weighted by Gasteiger charge is 2.16. The van der Waals surface area contributed by atoms with Crippen LogP contribution < -0.4 is 0 Å². The van der Waals surface area contributed by atoms with Crippen LogP contribution in [-0.2, 0) is 6.61 Å². The number of thiophene rings is 1. The molecular weight excluding hydrogens is 342 g/mol. The first kappa shape index (κ1) is 15.9. The lowest BCUT2D eigenvalue weighted by molar-refractivity contribution is 0.269. The second-order valence-electron chi connectivity index (χ2n) is 5.71. The van der Waals surface area contributed by atoms with E-state index in [-0.39, 0.29) is 11.1 Å². The van der Waals surface area contributed by atoms with Gasteiger partial charge in [-0.15, -0.1) is 11.3 Å². The lowest BCUT2D eigenvalue weighted by Gasteiger charge is -2.09. The summed E-state index contributed by atoms with van der Waals surface area (Å²) >= 11 is 1.61. The number of fused-ring (bicyclic) bond motifs is 1. The lowest BCUT2D eigenvalue weighted by atomic mass is 10.0. The standard InChI is InChI=1S/C19H14F2N2OS/c1-11-19(16-3-2-8-25-16)22-17-7-4-12(9-23(11)17)13-5-6-15(20)14(10-24)18(13)21/h2-9,24H,10H2,1H3. The van der Waals surface area contributed by atoms with Crippen molar-refractivity contribution in [3.8, 4) is 21.7 Å². The zero-order valence-corrected chi connectivity index (χ0v) is 14.1. The van der Waals surface area contributed by atoms with Crippen molar-refractivity contribution in [3.05, 3.63) is 70.9 Å². The Labute approximate surface area is 146 Å². The summed E-state index contributed by atoms with van der Waals surface area (Å²) in [6.45, 7) is 1.28. The van der Waals surface area contributed by atoms with Crippen LogP contribution in [0.3, 0.4) is 0 Å². The van der Waals surface area contributed by atoms with Gasteiger partial charge in [0.2, 0.25) is 0 Å². The van der Waals surface area contributed by atoms with Crippen molar-refractivity contribution in [3.63, 3.8) is 0 Å². The van der Waals surface area contributed by atoms with Gasteiger partial charge in [0, 0.05) is 28.6 Å². The lowest BCUT2D eigenvalue weighted by Crippen LogP contribution is -1.99. The van der Waals surface area contributed by atoms with E-state index < -0.39 is 18.2 Å². The Hall–Kier alpha value is -2.57. The number of rotatable bonds is 3. The number of aliphatic hydroxyl groups excluding tert-OH is 1. The van der Waals surface area contributed by atoms with Crippen molar-refractivity contribution in [1.82, 2.24) is 9.38 Å². The molecule has 0 saturated carbocycles. The summed E-state index contributed by atoms with van der Waals surface area (Å²) in [5.74, 6) is -1.48. The molecule has 0 fully saturated rings. The van der Waals surface area contributed by atoms with Gasteiger partial charge in [0.1, 0.15) is 23.0 Å². The van der Waals surface area contributed by atoms with Crippen LogP contribution in [0.2, 0.25) is 0 Å². The second kappa shape index (κ2) is 6.06. The molecular formula is C19H14F2N2OS. The third kappa shape index (κ3) is 2.54. The molecule has 0 atom stereocenters. The highest BCUT2D eigenvalue weighted by molar-refractivity contribution is 7.13. The minimum absolute atomic E-state index is 0.248. The van der Waals surface area contributed by atoms with Gasteiger partial charge in [-0.3, -0.25) is 0 Å². The second-order valence-corrected chi connectivity index (χ2v) is 6.66. The molecule has 1 N–H and O–H groups in total. The van der Waals surface area contributed by atoms with Crippen molar-refractivity contribution in [2.24, 2.45) is 0 Å². The van der Waals surface area contributed by atoms with E-state index in [1.165, 1.54) is 12.1 Å². The number of aryl methyl sites for hydroxylation is 1. The SMILES string of the molecule is Cc1c(-c2cccs2)nc2ccc(-c3ccc(F)c(CO)c3F)cn12. The summed E-state index contributed by atoms with van der Waals surface area (Å²) in [4.78, 5) is 5.71. The van der Waals surface area contributed by atoms with Gasteiger partial charge < -0.3 is 9.51 Å². The molecule has 0 saturated heterocycles. The maximum atomic E-state index is 14.5. The first-order chi connectivity index (χ1) is 12.1. The summed E-state index contributed by atoms with van der Waals surface area (Å²) in [5, 5.41) is 11.2. The normalized spacial score (nSPS) is 11.4. The summed E-state index contributed by atoms with van der Waals surface area (Å²) in [6.07, 6.45) is 1.78. The number of hydrogen-bond acceptors (Lipinski definition) is 3. The van der Waals surface area contributed by atoms with Gasteiger partial charge in [-0.05, 0) is 42.6 Å². The summed E-state index contributed by atoms with van der Waals surface area (Å²) < 4.78 is 30.0. The Morgan fingerprint density at radius 1 is 1.16 bits per heavy atom. The number of pyridine rings is 1. The Balaban J connectivity index is 1.89. The Morgan fingerprint density at radius 3 is 2.72 bits per heavy atom. The van der Waals surface area contributed by atoms with Crippen molar-refractivity contribution in [2.75, 3.05) is 0 Å². The number of aromatic nitrogens is 2. The van der Waals surface area contributed by atoms with E-state index in [0.29, 0.717) is 5.56 Å². The fraction of sp³-hybridized carbons (Fsp3) is 0.105. The van der Waals surface area contributed by atoms with Gasteiger partial charge in [-0.2, -0.15) is 0 Å². The Bertz CT molecular complexity index is 1070. The van der Waals surface area contributed by atoms with Crippen molar-refractivity contribution >= 4 is 17.0 Å². The van der Waals surface area contributed by atoms with E-state index in [1.54, 1.807) is 29.7 Å². The Morgan fingerprint density at radius 2 is 2.00 bits per heavy atom. The molecule has 126 valence electrons. The third-order valence-corrected chi connectivity index (χ3v) is 5.14. The molecule has 1 aromatic carbocycles. The van der Waals surface area contributed by atoms with E-state index in [2.05, 4.69) is 4.98 Å². The van der Waals surface area contributed by atoms with Gasteiger partial charge in [-0.1, -0.05) is 6.07 Å². The maximum absolute atomic E-state index is 14.5. The molecule has 6 heteroatoms. The molecule has 25 heavy (non-hydrogen) atoms. The molecule has 3 heterocycles. The zero-order chi connectivity index (χ0) is 17.6. The molecule has 0 amide bonds. The molecule has 4 rings (SSSR count). The predicted molar refractivity (Wildman–Crippen MR) is 94.5 cm³/mol. The summed E-state index contributed by atoms with van der Waals surface area (Å²) in [5.41, 5.74) is 3.12. The summed E-state index contributed by atoms with van der Waals surface area (Å²) in [7, 11) is 0. The minimum Gasteiger partial charge on any atom is -0.391 e. The number of halogens is 2. The predicted octanol–water partition coefficient (Wildman–Crippen LogP) is 4.81. The monoisotopic (exact) mass is 356 g/mol. The molecule has 3 nitrogen and oxygen atoms in total. The number of imidazole rings is 1. The van der Waals surface area contributed by atoms with Crippen LogP contribution in [-0.4, -0.2) is 14.5 Å². The van der Waals surface area contributed by atoms with E-state index in [9.17, 15) is 13.9 Å². The van der Waals surface area contributed by atoms with E-state index in [1.807, 2.05) is 28.8 Å². The maximum Gasteiger partial charge on any atom is 0.139 e. The molecule has 0 aliphatic rings. The van der Waals surface area contributed by atoms with E-state index >= 15 is 0 Å². The quantitative estimate of drug-likeness (QED) is 0.572. The average Bonchev–Trinajstić information content (AvgIpc) is 3.24. The molecule has 3 aromatic heterocycles. The number of nitrogens with zero attached hydrogens (tertiary/aromatic N) is 2. The molecule has 0 aliphatic heterocycles. The van der Waals surface area contributed by atoms with Crippen LogP contribution in [0, 0.1) is 18.6 Å². The largest absolute Gasteiger partial charge is 0.391 e. The van der Waals surface area contributed by atoms with Crippen LogP contribution in [0.4, 0.5) is 8.78 Å². The van der Waals surface area contributed by atoms with Crippen LogP contribution in [0.15, 0.2) is 48.0 Å². The first-order valence-corrected chi connectivity index (χ1v) is 8.59. The minimum atomic E-state index is -0.747. The third-order valence-electron chi connectivity index (χ3n) is 4.27.